The summed E-state index contributed by atoms with van der Waals surface area (Å²) >= 11 is 12.9. The smallest absolute Gasteiger partial charge is 0.352 e. The zero-order valence-electron chi connectivity index (χ0n) is 25.2. The maximum absolute atomic E-state index is 14.0. The topological polar surface area (TPSA) is 86.8 Å². The number of hydrogen-bond donors (Lipinski definition) is 1. The molecule has 0 radical (unpaired) electrons. The second kappa shape index (κ2) is 15.8. The Morgan fingerprint density at radius 2 is 1.58 bits per heavy atom. The first-order valence-electron chi connectivity index (χ1n) is 14.3. The van der Waals surface area contributed by atoms with Crippen molar-refractivity contribution in [1.29, 1.82) is 0 Å². The first kappa shape index (κ1) is 36.2. The average Bonchev–Trinajstić information content (AvgIpc) is 2.97. The largest absolute Gasteiger partial charge is 0.416 e. The van der Waals surface area contributed by atoms with Crippen LogP contribution >= 0.6 is 23.2 Å². The van der Waals surface area contributed by atoms with Crippen molar-refractivity contribution in [2.75, 3.05) is 17.1 Å². The van der Waals surface area contributed by atoms with Crippen LogP contribution in [0.1, 0.15) is 49.8 Å². The number of anilines is 1. The average molecular weight is 687 g/mol. The van der Waals surface area contributed by atoms with Gasteiger partial charge in [-0.15, -0.1) is 0 Å². The number of alkyl halides is 3. The predicted octanol–water partition coefficient (Wildman–Crippen LogP) is 7.11. The lowest BCUT2D eigenvalue weighted by Gasteiger charge is -2.33. The Labute approximate surface area is 272 Å². The molecule has 0 bridgehead atoms. The van der Waals surface area contributed by atoms with Gasteiger partial charge in [0.05, 0.1) is 17.5 Å². The van der Waals surface area contributed by atoms with Gasteiger partial charge in [0.2, 0.25) is 21.8 Å². The highest BCUT2D eigenvalue weighted by molar-refractivity contribution is 7.92. The van der Waals surface area contributed by atoms with E-state index in [-0.39, 0.29) is 50.0 Å². The lowest BCUT2D eigenvalue weighted by molar-refractivity contribution is -0.141. The maximum Gasteiger partial charge on any atom is 0.416 e. The Hall–Kier alpha value is -3.28. The van der Waals surface area contributed by atoms with Gasteiger partial charge in [0.15, 0.2) is 0 Å². The van der Waals surface area contributed by atoms with E-state index in [9.17, 15) is 31.2 Å². The fraction of sp³-hybridized carbons (Fsp3) is 0.375. The molecule has 2 amide bonds. The monoisotopic (exact) mass is 685 g/mol. The lowest BCUT2D eigenvalue weighted by atomic mass is 10.0. The Kier molecular flexibility index (Phi) is 12.7. The Morgan fingerprint density at radius 1 is 0.956 bits per heavy atom. The van der Waals surface area contributed by atoms with Crippen molar-refractivity contribution in [2.24, 2.45) is 0 Å². The number of hydrogen-bond acceptors (Lipinski definition) is 4. The minimum atomic E-state index is -4.67. The van der Waals surface area contributed by atoms with Crippen molar-refractivity contribution >= 4 is 50.7 Å². The molecular weight excluding hydrogens is 650 g/mol. The molecule has 244 valence electrons. The van der Waals surface area contributed by atoms with Crippen LogP contribution in [0.5, 0.6) is 0 Å². The van der Waals surface area contributed by atoms with Gasteiger partial charge < -0.3 is 10.2 Å². The molecule has 13 heteroatoms. The Morgan fingerprint density at radius 3 is 2.16 bits per heavy atom. The van der Waals surface area contributed by atoms with E-state index in [1.807, 2.05) is 44.2 Å². The fourth-order valence-corrected chi connectivity index (χ4v) is 6.16. The van der Waals surface area contributed by atoms with Crippen LogP contribution in [-0.2, 0) is 38.8 Å². The molecule has 0 aliphatic carbocycles. The summed E-state index contributed by atoms with van der Waals surface area (Å²) in [6.07, 6.45) is -3.20. The van der Waals surface area contributed by atoms with E-state index >= 15 is 0 Å². The van der Waals surface area contributed by atoms with Crippen LogP contribution in [0, 0.1) is 0 Å². The molecule has 0 saturated heterocycles. The number of carbonyl (C=O) groups is 2. The van der Waals surface area contributed by atoms with Crippen molar-refractivity contribution in [1.82, 2.24) is 10.2 Å². The van der Waals surface area contributed by atoms with E-state index in [2.05, 4.69) is 5.32 Å². The summed E-state index contributed by atoms with van der Waals surface area (Å²) in [5.74, 6) is -0.866. The predicted molar refractivity (Wildman–Crippen MR) is 172 cm³/mol. The number of nitrogens with one attached hydrogen (secondary N) is 1. The number of amides is 2. The van der Waals surface area contributed by atoms with Crippen LogP contribution < -0.4 is 9.62 Å². The molecule has 0 saturated carbocycles. The molecule has 0 heterocycles. The Bertz CT molecular complexity index is 1550. The fourth-order valence-electron chi connectivity index (χ4n) is 4.69. The van der Waals surface area contributed by atoms with Crippen molar-refractivity contribution in [3.63, 3.8) is 0 Å². The van der Waals surface area contributed by atoms with Crippen LogP contribution in [0.2, 0.25) is 10.0 Å². The van der Waals surface area contributed by atoms with E-state index in [0.717, 1.165) is 34.3 Å². The van der Waals surface area contributed by atoms with Gasteiger partial charge in [-0.25, -0.2) is 8.42 Å². The minimum absolute atomic E-state index is 0.0417. The van der Waals surface area contributed by atoms with Gasteiger partial charge in [0.1, 0.15) is 6.04 Å². The summed E-state index contributed by atoms with van der Waals surface area (Å²) < 4.78 is 66.1. The number of nitrogens with zero attached hydrogens (tertiary/aromatic N) is 2. The number of carbonyl (C=O) groups excluding carboxylic acids is 2. The molecule has 45 heavy (non-hydrogen) atoms. The van der Waals surface area contributed by atoms with Gasteiger partial charge >= 0.3 is 6.18 Å². The highest BCUT2D eigenvalue weighted by Crippen LogP contribution is 2.32. The SMILES string of the molecule is CCC(C)NC(=O)C(Cc1ccccc1)N(Cc1c(Cl)cccc1Cl)C(=O)CCCN(c1cccc(C(F)(F)F)c1)S(C)(=O)=O. The third kappa shape index (κ3) is 10.4. The molecule has 7 nitrogen and oxygen atoms in total. The van der Waals surface area contributed by atoms with E-state index < -0.39 is 33.7 Å². The molecule has 0 aliphatic heterocycles. The standard InChI is InChI=1S/C32H36Cl2F3N3O4S/c1-4-22(2)38-31(42)29(19-23-11-6-5-7-12-23)39(21-26-27(33)15-9-16-28(26)34)30(41)17-10-18-40(45(3,43)44)25-14-8-13-24(20-25)32(35,36)37/h5-9,11-16,20,22,29H,4,10,17-19,21H2,1-3H3,(H,38,42). The van der Waals surface area contributed by atoms with E-state index in [0.29, 0.717) is 22.0 Å². The minimum Gasteiger partial charge on any atom is -0.352 e. The first-order chi connectivity index (χ1) is 21.1. The number of sulfonamides is 1. The van der Waals surface area contributed by atoms with Gasteiger partial charge in [-0.3, -0.25) is 13.9 Å². The van der Waals surface area contributed by atoms with Crippen LogP contribution in [-0.4, -0.2) is 50.0 Å². The molecule has 2 unspecified atom stereocenters. The summed E-state index contributed by atoms with van der Waals surface area (Å²) in [5, 5.41) is 3.55. The quantitative estimate of drug-likeness (QED) is 0.196. The van der Waals surface area contributed by atoms with Crippen LogP contribution in [0.25, 0.3) is 0 Å². The summed E-state index contributed by atoms with van der Waals surface area (Å²) in [6.45, 7) is 3.39. The maximum atomic E-state index is 14.0. The third-order valence-corrected chi connectivity index (χ3v) is 9.18. The van der Waals surface area contributed by atoms with Gasteiger partial charge in [-0.1, -0.05) is 72.6 Å². The molecular formula is C32H36Cl2F3N3O4S. The van der Waals surface area contributed by atoms with E-state index in [1.165, 1.54) is 11.0 Å². The second-order valence-corrected chi connectivity index (χ2v) is 13.5. The summed E-state index contributed by atoms with van der Waals surface area (Å²) in [7, 11) is -4.00. The van der Waals surface area contributed by atoms with Crippen LogP contribution in [0.15, 0.2) is 72.8 Å². The van der Waals surface area contributed by atoms with Gasteiger partial charge in [-0.2, -0.15) is 13.2 Å². The second-order valence-electron chi connectivity index (χ2n) is 10.7. The molecule has 2 atom stereocenters. The highest BCUT2D eigenvalue weighted by Gasteiger charge is 2.33. The van der Waals surface area contributed by atoms with Crippen molar-refractivity contribution in [3.05, 3.63) is 99.5 Å². The Balaban J connectivity index is 1.95. The summed E-state index contributed by atoms with van der Waals surface area (Å²) in [6, 6.07) is 16.9. The molecule has 3 aromatic rings. The molecule has 3 aromatic carbocycles. The zero-order valence-corrected chi connectivity index (χ0v) is 27.5. The van der Waals surface area contributed by atoms with Gasteiger partial charge in [-0.05, 0) is 55.7 Å². The third-order valence-electron chi connectivity index (χ3n) is 7.28. The molecule has 3 rings (SSSR count). The highest BCUT2D eigenvalue weighted by atomic mass is 35.5. The molecule has 1 N–H and O–H groups in total. The van der Waals surface area contributed by atoms with E-state index in [4.69, 9.17) is 23.2 Å². The van der Waals surface area contributed by atoms with Crippen LogP contribution in [0.3, 0.4) is 0 Å². The number of rotatable bonds is 14. The normalized spacial score (nSPS) is 13.2. The van der Waals surface area contributed by atoms with Crippen molar-refractivity contribution < 1.29 is 31.2 Å². The zero-order chi connectivity index (χ0) is 33.4. The molecule has 0 spiro atoms. The van der Waals surface area contributed by atoms with Gasteiger partial charge in [0, 0.05) is 47.6 Å². The first-order valence-corrected chi connectivity index (χ1v) is 16.9. The summed E-state index contributed by atoms with van der Waals surface area (Å²) in [5.41, 5.74) is 0.0703. The van der Waals surface area contributed by atoms with Crippen LogP contribution in [0.4, 0.5) is 18.9 Å². The van der Waals surface area contributed by atoms with Crippen molar-refractivity contribution in [2.45, 2.75) is 64.3 Å². The van der Waals surface area contributed by atoms with Gasteiger partial charge in [0.25, 0.3) is 0 Å². The number of halogens is 5. The molecule has 0 aromatic heterocycles. The number of benzene rings is 3. The van der Waals surface area contributed by atoms with Crippen molar-refractivity contribution in [3.8, 4) is 0 Å². The van der Waals surface area contributed by atoms with E-state index in [1.54, 1.807) is 18.2 Å². The molecule has 0 fully saturated rings. The summed E-state index contributed by atoms with van der Waals surface area (Å²) in [4.78, 5) is 29.0. The lowest BCUT2D eigenvalue weighted by Crippen LogP contribution is -2.52. The molecule has 0 aliphatic rings.